The first-order chi connectivity index (χ1) is 8.97. The van der Waals surface area contributed by atoms with Crippen LogP contribution in [0.1, 0.15) is 11.3 Å². The molecule has 0 aliphatic heterocycles. The molecule has 0 saturated carbocycles. The maximum Gasteiger partial charge on any atom is 0.218 e. The van der Waals surface area contributed by atoms with Gasteiger partial charge in [-0.1, -0.05) is 23.7 Å². The standard InChI is InChI=1S/C13H14ClNO3S/c1-15(9-13-3-2-8-18-13)19(16,17)10-11-4-6-12(14)7-5-11/h2-8H,9-10H2,1H3. The van der Waals surface area contributed by atoms with E-state index in [9.17, 15) is 8.42 Å². The van der Waals surface area contributed by atoms with Gasteiger partial charge in [0.2, 0.25) is 10.0 Å². The van der Waals surface area contributed by atoms with E-state index in [0.29, 0.717) is 16.3 Å². The van der Waals surface area contributed by atoms with Crippen molar-refractivity contribution < 1.29 is 12.8 Å². The zero-order valence-corrected chi connectivity index (χ0v) is 12.0. The van der Waals surface area contributed by atoms with Crippen LogP contribution in [-0.4, -0.2) is 19.8 Å². The van der Waals surface area contributed by atoms with Crippen LogP contribution in [0.3, 0.4) is 0 Å². The van der Waals surface area contributed by atoms with Gasteiger partial charge in [-0.3, -0.25) is 0 Å². The molecule has 0 N–H and O–H groups in total. The number of furan rings is 1. The second kappa shape index (κ2) is 5.77. The van der Waals surface area contributed by atoms with Gasteiger partial charge in [0.1, 0.15) is 5.76 Å². The highest BCUT2D eigenvalue weighted by Gasteiger charge is 2.19. The first kappa shape index (κ1) is 14.1. The summed E-state index contributed by atoms with van der Waals surface area (Å²) < 4.78 is 30.7. The van der Waals surface area contributed by atoms with E-state index >= 15 is 0 Å². The minimum atomic E-state index is -3.37. The van der Waals surface area contributed by atoms with Gasteiger partial charge >= 0.3 is 0 Å². The van der Waals surface area contributed by atoms with Crippen molar-refractivity contribution in [3.05, 3.63) is 59.0 Å². The van der Waals surface area contributed by atoms with Gasteiger partial charge < -0.3 is 4.42 Å². The summed E-state index contributed by atoms with van der Waals surface area (Å²) in [5.74, 6) is 0.559. The molecule has 0 amide bonds. The van der Waals surface area contributed by atoms with Crippen LogP contribution in [0.5, 0.6) is 0 Å². The van der Waals surface area contributed by atoms with Crippen molar-refractivity contribution in [3.8, 4) is 0 Å². The summed E-state index contributed by atoms with van der Waals surface area (Å²) >= 11 is 5.77. The third-order valence-electron chi connectivity index (χ3n) is 2.70. The van der Waals surface area contributed by atoms with Crippen LogP contribution in [0.4, 0.5) is 0 Å². The molecule has 102 valence electrons. The van der Waals surface area contributed by atoms with Gasteiger partial charge in [-0.15, -0.1) is 0 Å². The lowest BCUT2D eigenvalue weighted by Crippen LogP contribution is -2.27. The number of benzene rings is 1. The Morgan fingerprint density at radius 1 is 1.21 bits per heavy atom. The molecule has 0 radical (unpaired) electrons. The lowest BCUT2D eigenvalue weighted by Gasteiger charge is -2.15. The van der Waals surface area contributed by atoms with Crippen LogP contribution in [0.15, 0.2) is 47.1 Å². The fraction of sp³-hybridized carbons (Fsp3) is 0.231. The van der Waals surface area contributed by atoms with Crippen molar-refractivity contribution in [1.29, 1.82) is 0 Å². The Morgan fingerprint density at radius 3 is 2.47 bits per heavy atom. The average Bonchev–Trinajstić information content (AvgIpc) is 2.84. The smallest absolute Gasteiger partial charge is 0.218 e. The number of sulfonamides is 1. The molecule has 19 heavy (non-hydrogen) atoms. The molecule has 0 atom stereocenters. The van der Waals surface area contributed by atoms with E-state index in [1.807, 2.05) is 0 Å². The van der Waals surface area contributed by atoms with Crippen molar-refractivity contribution >= 4 is 21.6 Å². The van der Waals surface area contributed by atoms with E-state index in [4.69, 9.17) is 16.0 Å². The maximum absolute atomic E-state index is 12.2. The molecular formula is C13H14ClNO3S. The van der Waals surface area contributed by atoms with E-state index in [2.05, 4.69) is 0 Å². The van der Waals surface area contributed by atoms with Crippen LogP contribution in [0.25, 0.3) is 0 Å². The van der Waals surface area contributed by atoms with E-state index in [1.165, 1.54) is 17.6 Å². The van der Waals surface area contributed by atoms with Crippen LogP contribution in [-0.2, 0) is 22.3 Å². The van der Waals surface area contributed by atoms with Gasteiger partial charge in [-0.2, -0.15) is 4.31 Å². The monoisotopic (exact) mass is 299 g/mol. The third kappa shape index (κ3) is 3.83. The Balaban J connectivity index is 2.07. The lowest BCUT2D eigenvalue weighted by atomic mass is 10.2. The normalized spacial score (nSPS) is 11.9. The molecule has 1 aromatic carbocycles. The van der Waals surface area contributed by atoms with E-state index in [-0.39, 0.29) is 12.3 Å². The number of hydrogen-bond donors (Lipinski definition) is 0. The molecule has 2 rings (SSSR count). The third-order valence-corrected chi connectivity index (χ3v) is 4.72. The largest absolute Gasteiger partial charge is 0.468 e. The molecule has 6 heteroatoms. The topological polar surface area (TPSA) is 50.5 Å². The summed E-state index contributed by atoms with van der Waals surface area (Å²) in [6.45, 7) is 0.225. The van der Waals surface area contributed by atoms with Crippen LogP contribution < -0.4 is 0 Å². The molecule has 0 aliphatic carbocycles. The SMILES string of the molecule is CN(Cc1ccco1)S(=O)(=O)Cc1ccc(Cl)cc1. The van der Waals surface area contributed by atoms with Crippen molar-refractivity contribution in [1.82, 2.24) is 4.31 Å². The van der Waals surface area contributed by atoms with E-state index in [1.54, 1.807) is 36.4 Å². The van der Waals surface area contributed by atoms with E-state index in [0.717, 1.165) is 0 Å². The van der Waals surface area contributed by atoms with Crippen LogP contribution in [0.2, 0.25) is 5.02 Å². The average molecular weight is 300 g/mol. The molecule has 0 unspecified atom stereocenters. The highest BCUT2D eigenvalue weighted by Crippen LogP contribution is 2.15. The van der Waals surface area contributed by atoms with Gasteiger partial charge in [0.25, 0.3) is 0 Å². The van der Waals surface area contributed by atoms with E-state index < -0.39 is 10.0 Å². The molecule has 1 aromatic heterocycles. The van der Waals surface area contributed by atoms with Gasteiger partial charge in [0.15, 0.2) is 0 Å². The highest BCUT2D eigenvalue weighted by atomic mass is 35.5. The van der Waals surface area contributed by atoms with Crippen LogP contribution in [0, 0.1) is 0 Å². The van der Waals surface area contributed by atoms with Crippen molar-refractivity contribution in [2.24, 2.45) is 0 Å². The summed E-state index contributed by atoms with van der Waals surface area (Å²) in [6.07, 6.45) is 1.52. The Bertz CT molecular complexity index is 620. The highest BCUT2D eigenvalue weighted by molar-refractivity contribution is 7.88. The molecule has 2 aromatic rings. The first-order valence-electron chi connectivity index (χ1n) is 5.68. The molecule has 0 saturated heterocycles. The van der Waals surface area contributed by atoms with Gasteiger partial charge in [-0.05, 0) is 29.8 Å². The van der Waals surface area contributed by atoms with Crippen molar-refractivity contribution in [2.45, 2.75) is 12.3 Å². The predicted molar refractivity (Wildman–Crippen MR) is 74.3 cm³/mol. The predicted octanol–water partition coefficient (Wildman–Crippen LogP) is 2.89. The number of halogens is 1. The molecule has 1 heterocycles. The minimum absolute atomic E-state index is 0.0542. The van der Waals surface area contributed by atoms with Gasteiger partial charge in [0.05, 0.1) is 18.6 Å². The fourth-order valence-corrected chi connectivity index (χ4v) is 2.91. The zero-order chi connectivity index (χ0) is 13.9. The molecule has 4 nitrogen and oxygen atoms in total. The number of hydrogen-bond acceptors (Lipinski definition) is 3. The molecular weight excluding hydrogens is 286 g/mol. The Morgan fingerprint density at radius 2 is 1.89 bits per heavy atom. The fourth-order valence-electron chi connectivity index (χ4n) is 1.62. The quantitative estimate of drug-likeness (QED) is 0.853. The molecule has 0 fully saturated rings. The molecule has 0 bridgehead atoms. The van der Waals surface area contributed by atoms with Gasteiger partial charge in [-0.25, -0.2) is 8.42 Å². The maximum atomic E-state index is 12.2. The summed E-state index contributed by atoms with van der Waals surface area (Å²) in [7, 11) is -1.84. The summed E-state index contributed by atoms with van der Waals surface area (Å²) in [4.78, 5) is 0. The second-order valence-electron chi connectivity index (χ2n) is 4.22. The summed E-state index contributed by atoms with van der Waals surface area (Å²) in [5, 5.41) is 0.588. The van der Waals surface area contributed by atoms with Crippen LogP contribution >= 0.6 is 11.6 Å². The second-order valence-corrected chi connectivity index (χ2v) is 6.73. The molecule has 0 aliphatic rings. The number of rotatable bonds is 5. The van der Waals surface area contributed by atoms with Gasteiger partial charge in [0, 0.05) is 12.1 Å². The Hall–Kier alpha value is -1.30. The molecule has 0 spiro atoms. The Kier molecular flexibility index (Phi) is 4.29. The zero-order valence-electron chi connectivity index (χ0n) is 10.4. The lowest BCUT2D eigenvalue weighted by molar-refractivity contribution is 0.406. The summed E-state index contributed by atoms with van der Waals surface area (Å²) in [6, 6.07) is 10.3. The van der Waals surface area contributed by atoms with Crippen molar-refractivity contribution in [3.63, 3.8) is 0 Å². The summed E-state index contributed by atoms with van der Waals surface area (Å²) in [5.41, 5.74) is 0.704. The first-order valence-corrected chi connectivity index (χ1v) is 7.67. The Labute approximate surface area is 117 Å². The number of nitrogens with zero attached hydrogens (tertiary/aromatic N) is 1. The van der Waals surface area contributed by atoms with Crippen molar-refractivity contribution in [2.75, 3.05) is 7.05 Å². The minimum Gasteiger partial charge on any atom is -0.468 e.